The summed E-state index contributed by atoms with van der Waals surface area (Å²) in [6.07, 6.45) is 2.81. The molecule has 1 aliphatic carbocycles. The van der Waals surface area contributed by atoms with Crippen molar-refractivity contribution in [3.63, 3.8) is 0 Å². The Morgan fingerprint density at radius 2 is 1.86 bits per heavy atom. The minimum Gasteiger partial charge on any atom is -0.454 e. The summed E-state index contributed by atoms with van der Waals surface area (Å²) in [4.78, 5) is 51.2. The lowest BCUT2D eigenvalue weighted by atomic mass is 9.98. The molecule has 1 spiro atoms. The maximum atomic E-state index is 13.0. The van der Waals surface area contributed by atoms with Crippen LogP contribution in [0.4, 0.5) is 14.9 Å². The van der Waals surface area contributed by atoms with Gasteiger partial charge in [-0.25, -0.2) is 9.18 Å². The number of carbonyl (C=O) groups is 4. The monoisotopic (exact) mass is 391 g/mol. The smallest absolute Gasteiger partial charge is 0.326 e. The molecule has 1 N–H and O–H groups in total. The number of rotatable bonds is 6. The van der Waals surface area contributed by atoms with Crippen LogP contribution in [0.15, 0.2) is 24.3 Å². The third kappa shape index (κ3) is 3.83. The maximum absolute atomic E-state index is 13.0. The molecule has 1 aliphatic heterocycles. The molecule has 3 rings (SSSR count). The van der Waals surface area contributed by atoms with Gasteiger partial charge in [0.2, 0.25) is 0 Å². The molecule has 1 aromatic carbocycles. The number of urea groups is 1. The normalized spacial score (nSPS) is 17.7. The van der Waals surface area contributed by atoms with E-state index in [1.54, 1.807) is 6.92 Å². The van der Waals surface area contributed by atoms with Crippen LogP contribution >= 0.6 is 0 Å². The standard InChI is InChI=1S/C19H22FN3O5/c1-2-22(14-7-5-13(20)6-8-14)15(24)12-28-16(25)11-23-17(26)19(21-18(23)27)9-3-4-10-19/h5-8H,2-4,9-12H2,1H3,(H,21,27). The first-order valence-corrected chi connectivity index (χ1v) is 9.22. The molecule has 1 saturated heterocycles. The number of nitrogens with one attached hydrogen (secondary N) is 1. The number of benzene rings is 1. The van der Waals surface area contributed by atoms with Crippen LogP contribution in [0.5, 0.6) is 0 Å². The van der Waals surface area contributed by atoms with Crippen LogP contribution in [0, 0.1) is 5.82 Å². The second-order valence-electron chi connectivity index (χ2n) is 6.89. The highest BCUT2D eigenvalue weighted by Crippen LogP contribution is 2.34. The number of anilines is 1. The topological polar surface area (TPSA) is 96.0 Å². The number of hydrogen-bond donors (Lipinski definition) is 1. The maximum Gasteiger partial charge on any atom is 0.326 e. The van der Waals surface area contributed by atoms with Gasteiger partial charge in [-0.05, 0) is 44.0 Å². The summed E-state index contributed by atoms with van der Waals surface area (Å²) in [5.41, 5.74) is -0.420. The molecule has 2 aliphatic rings. The molecule has 0 radical (unpaired) electrons. The lowest BCUT2D eigenvalue weighted by Gasteiger charge is -2.21. The Morgan fingerprint density at radius 1 is 1.21 bits per heavy atom. The third-order valence-electron chi connectivity index (χ3n) is 5.10. The quantitative estimate of drug-likeness (QED) is 0.587. The Labute approximate surface area is 161 Å². The van der Waals surface area contributed by atoms with Crippen LogP contribution in [-0.4, -0.2) is 54.0 Å². The van der Waals surface area contributed by atoms with Crippen molar-refractivity contribution in [1.29, 1.82) is 0 Å². The summed E-state index contributed by atoms with van der Waals surface area (Å²) < 4.78 is 18.0. The van der Waals surface area contributed by atoms with Gasteiger partial charge in [-0.15, -0.1) is 0 Å². The fourth-order valence-electron chi connectivity index (χ4n) is 3.66. The SMILES string of the molecule is CCN(C(=O)COC(=O)CN1C(=O)NC2(CCCC2)C1=O)c1ccc(F)cc1. The molecule has 2 fully saturated rings. The Balaban J connectivity index is 1.55. The van der Waals surface area contributed by atoms with Gasteiger partial charge >= 0.3 is 12.0 Å². The second-order valence-corrected chi connectivity index (χ2v) is 6.89. The molecule has 9 heteroatoms. The summed E-state index contributed by atoms with van der Waals surface area (Å²) in [7, 11) is 0. The number of carbonyl (C=O) groups excluding carboxylic acids is 4. The first-order valence-electron chi connectivity index (χ1n) is 9.22. The highest BCUT2D eigenvalue weighted by atomic mass is 19.1. The minimum absolute atomic E-state index is 0.303. The number of nitrogens with zero attached hydrogens (tertiary/aromatic N) is 2. The van der Waals surface area contributed by atoms with Gasteiger partial charge in [-0.2, -0.15) is 0 Å². The van der Waals surface area contributed by atoms with E-state index in [4.69, 9.17) is 4.74 Å². The Hall–Kier alpha value is -2.97. The summed E-state index contributed by atoms with van der Waals surface area (Å²) in [5, 5.41) is 2.68. The van der Waals surface area contributed by atoms with Gasteiger partial charge in [0.1, 0.15) is 17.9 Å². The number of imide groups is 1. The van der Waals surface area contributed by atoms with Gasteiger partial charge in [-0.3, -0.25) is 19.3 Å². The average molecular weight is 391 g/mol. The lowest BCUT2D eigenvalue weighted by molar-refractivity contribution is -0.150. The van der Waals surface area contributed by atoms with Gasteiger partial charge in [-0.1, -0.05) is 12.8 Å². The fraction of sp³-hybridized carbons (Fsp3) is 0.474. The van der Waals surface area contributed by atoms with E-state index < -0.39 is 48.3 Å². The van der Waals surface area contributed by atoms with Crippen LogP contribution in [0.3, 0.4) is 0 Å². The van der Waals surface area contributed by atoms with Crippen molar-refractivity contribution in [3.8, 4) is 0 Å². The van der Waals surface area contributed by atoms with Crippen molar-refractivity contribution in [2.45, 2.75) is 38.1 Å². The number of hydrogen-bond acceptors (Lipinski definition) is 5. The van der Waals surface area contributed by atoms with Crippen molar-refractivity contribution in [2.75, 3.05) is 24.6 Å². The molecule has 150 valence electrons. The van der Waals surface area contributed by atoms with Gasteiger partial charge in [0.05, 0.1) is 0 Å². The molecule has 1 heterocycles. The van der Waals surface area contributed by atoms with Crippen LogP contribution in [-0.2, 0) is 19.1 Å². The van der Waals surface area contributed by atoms with Crippen molar-refractivity contribution < 1.29 is 28.3 Å². The number of amides is 4. The van der Waals surface area contributed by atoms with Gasteiger partial charge in [0, 0.05) is 12.2 Å². The van der Waals surface area contributed by atoms with E-state index in [1.807, 2.05) is 0 Å². The van der Waals surface area contributed by atoms with Crippen LogP contribution < -0.4 is 10.2 Å². The molecule has 28 heavy (non-hydrogen) atoms. The van der Waals surface area contributed by atoms with Crippen molar-refractivity contribution in [2.24, 2.45) is 0 Å². The Morgan fingerprint density at radius 3 is 2.46 bits per heavy atom. The number of esters is 1. The van der Waals surface area contributed by atoms with Gasteiger partial charge in [0.25, 0.3) is 11.8 Å². The second kappa shape index (κ2) is 7.95. The largest absolute Gasteiger partial charge is 0.454 e. The van der Waals surface area contributed by atoms with Crippen molar-refractivity contribution in [1.82, 2.24) is 10.2 Å². The zero-order valence-electron chi connectivity index (χ0n) is 15.6. The van der Waals surface area contributed by atoms with E-state index in [2.05, 4.69) is 5.32 Å². The van der Waals surface area contributed by atoms with Crippen molar-refractivity contribution >= 4 is 29.5 Å². The molecule has 0 atom stereocenters. The Kier molecular flexibility index (Phi) is 5.62. The summed E-state index contributed by atoms with van der Waals surface area (Å²) in [6, 6.07) is 4.75. The lowest BCUT2D eigenvalue weighted by Crippen LogP contribution is -2.44. The first kappa shape index (κ1) is 19.8. The van der Waals surface area contributed by atoms with Crippen molar-refractivity contribution in [3.05, 3.63) is 30.1 Å². The number of halogens is 1. The Bertz CT molecular complexity index is 789. The molecule has 1 saturated carbocycles. The third-order valence-corrected chi connectivity index (χ3v) is 5.10. The van der Waals surface area contributed by atoms with E-state index in [-0.39, 0.29) is 0 Å². The van der Waals surface area contributed by atoms with Gasteiger partial charge < -0.3 is 15.0 Å². The molecule has 8 nitrogen and oxygen atoms in total. The van der Waals surface area contributed by atoms with Crippen LogP contribution in [0.25, 0.3) is 0 Å². The zero-order chi connectivity index (χ0) is 20.3. The highest BCUT2D eigenvalue weighted by Gasteiger charge is 2.52. The van der Waals surface area contributed by atoms with E-state index in [0.717, 1.165) is 17.7 Å². The molecular formula is C19H22FN3O5. The molecule has 4 amide bonds. The van der Waals surface area contributed by atoms with Crippen LogP contribution in [0.2, 0.25) is 0 Å². The minimum atomic E-state index is -0.894. The predicted molar refractivity (Wildman–Crippen MR) is 96.8 cm³/mol. The van der Waals surface area contributed by atoms with Gasteiger partial charge in [0.15, 0.2) is 6.61 Å². The molecule has 1 aromatic rings. The van der Waals surface area contributed by atoms with E-state index in [9.17, 15) is 23.6 Å². The average Bonchev–Trinajstić information content (AvgIpc) is 3.23. The predicted octanol–water partition coefficient (Wildman–Crippen LogP) is 1.59. The zero-order valence-corrected chi connectivity index (χ0v) is 15.6. The van der Waals surface area contributed by atoms with E-state index in [1.165, 1.54) is 29.2 Å². The molecular weight excluding hydrogens is 369 g/mol. The van der Waals surface area contributed by atoms with E-state index >= 15 is 0 Å². The number of ether oxygens (including phenoxy) is 1. The molecule has 0 unspecified atom stereocenters. The van der Waals surface area contributed by atoms with E-state index in [0.29, 0.717) is 25.1 Å². The summed E-state index contributed by atoms with van der Waals surface area (Å²) in [6.45, 7) is 0.954. The highest BCUT2D eigenvalue weighted by molar-refractivity contribution is 6.09. The van der Waals surface area contributed by atoms with Crippen LogP contribution in [0.1, 0.15) is 32.6 Å². The molecule has 0 bridgehead atoms. The summed E-state index contributed by atoms with van der Waals surface area (Å²) in [5.74, 6) is -2.18. The summed E-state index contributed by atoms with van der Waals surface area (Å²) >= 11 is 0. The fourth-order valence-corrected chi connectivity index (χ4v) is 3.66. The number of likely N-dealkylation sites (N-methyl/N-ethyl adjacent to an activating group) is 1. The molecule has 0 aromatic heterocycles. The first-order chi connectivity index (χ1) is 13.4.